The summed E-state index contributed by atoms with van der Waals surface area (Å²) in [5.41, 5.74) is -0.0853. The number of hydrogen-bond donors (Lipinski definition) is 0. The van der Waals surface area contributed by atoms with Crippen LogP contribution >= 0.6 is 15.9 Å². The molecule has 0 spiro atoms. The van der Waals surface area contributed by atoms with Gasteiger partial charge in [-0.3, -0.25) is 0 Å². The molecule has 0 aromatic carbocycles. The molecule has 1 aromatic rings. The van der Waals surface area contributed by atoms with Gasteiger partial charge in [-0.05, 0) is 15.9 Å². The smallest absolute Gasteiger partial charge is 0.218 e. The Morgan fingerprint density at radius 3 is 2.56 bits per heavy atom. The summed E-state index contributed by atoms with van der Waals surface area (Å²) in [4.78, 5) is 8.76. The standard InChI is InChI=1S/C11H15BrN2O2/c1-11(2,3)10-13-8(12)4-9(14-10)16-7-5-15-6-7/h4,7H,5-6H2,1-3H3. The Kier molecular flexibility index (Phi) is 3.17. The first-order valence-corrected chi connectivity index (χ1v) is 6.04. The molecule has 1 fully saturated rings. The second kappa shape index (κ2) is 4.30. The molecule has 0 amide bonds. The van der Waals surface area contributed by atoms with Crippen LogP contribution in [0, 0.1) is 0 Å². The number of hydrogen-bond acceptors (Lipinski definition) is 4. The van der Waals surface area contributed by atoms with Crippen LogP contribution in [-0.4, -0.2) is 29.3 Å². The third-order valence-corrected chi connectivity index (χ3v) is 2.64. The van der Waals surface area contributed by atoms with Crippen molar-refractivity contribution in [2.24, 2.45) is 0 Å². The molecule has 0 radical (unpaired) electrons. The lowest BCUT2D eigenvalue weighted by atomic mass is 9.96. The third kappa shape index (κ3) is 2.71. The van der Waals surface area contributed by atoms with Gasteiger partial charge >= 0.3 is 0 Å². The van der Waals surface area contributed by atoms with Crippen LogP contribution in [0.3, 0.4) is 0 Å². The van der Waals surface area contributed by atoms with Gasteiger partial charge in [-0.2, -0.15) is 4.98 Å². The quantitative estimate of drug-likeness (QED) is 0.783. The van der Waals surface area contributed by atoms with Crippen molar-refractivity contribution in [3.8, 4) is 5.88 Å². The molecule has 88 valence electrons. The monoisotopic (exact) mass is 286 g/mol. The lowest BCUT2D eigenvalue weighted by Crippen LogP contribution is -2.38. The fourth-order valence-electron chi connectivity index (χ4n) is 1.25. The Morgan fingerprint density at radius 1 is 1.38 bits per heavy atom. The lowest BCUT2D eigenvalue weighted by Gasteiger charge is -2.26. The van der Waals surface area contributed by atoms with Crippen LogP contribution < -0.4 is 4.74 Å². The average Bonchev–Trinajstić information content (AvgIpc) is 2.09. The second-order valence-electron chi connectivity index (χ2n) is 4.88. The van der Waals surface area contributed by atoms with Crippen molar-refractivity contribution in [1.29, 1.82) is 0 Å². The molecule has 2 heterocycles. The fourth-order valence-corrected chi connectivity index (χ4v) is 1.61. The Bertz CT molecular complexity index is 386. The largest absolute Gasteiger partial charge is 0.469 e. The number of ether oxygens (including phenoxy) is 2. The van der Waals surface area contributed by atoms with E-state index in [0.717, 1.165) is 10.4 Å². The van der Waals surface area contributed by atoms with Crippen LogP contribution in [0.15, 0.2) is 10.7 Å². The number of nitrogens with zero attached hydrogens (tertiary/aromatic N) is 2. The van der Waals surface area contributed by atoms with Gasteiger partial charge in [-0.1, -0.05) is 20.8 Å². The SMILES string of the molecule is CC(C)(C)c1nc(Br)cc(OC2COC2)n1. The van der Waals surface area contributed by atoms with E-state index < -0.39 is 0 Å². The van der Waals surface area contributed by atoms with Gasteiger partial charge in [0.05, 0.1) is 13.2 Å². The molecule has 0 unspecified atom stereocenters. The summed E-state index contributed by atoms with van der Waals surface area (Å²) < 4.78 is 11.5. The Labute approximate surface area is 104 Å². The molecule has 0 N–H and O–H groups in total. The van der Waals surface area contributed by atoms with Crippen molar-refractivity contribution in [3.05, 3.63) is 16.5 Å². The average molecular weight is 287 g/mol. The van der Waals surface area contributed by atoms with Crippen molar-refractivity contribution >= 4 is 15.9 Å². The fraction of sp³-hybridized carbons (Fsp3) is 0.636. The van der Waals surface area contributed by atoms with Gasteiger partial charge in [0.25, 0.3) is 0 Å². The maximum absolute atomic E-state index is 5.66. The molecule has 0 aliphatic carbocycles. The van der Waals surface area contributed by atoms with Crippen LogP contribution in [0.1, 0.15) is 26.6 Å². The van der Waals surface area contributed by atoms with E-state index in [9.17, 15) is 0 Å². The van der Waals surface area contributed by atoms with Crippen molar-refractivity contribution in [2.75, 3.05) is 13.2 Å². The van der Waals surface area contributed by atoms with Gasteiger partial charge in [0.2, 0.25) is 5.88 Å². The maximum Gasteiger partial charge on any atom is 0.218 e. The van der Waals surface area contributed by atoms with E-state index in [-0.39, 0.29) is 11.5 Å². The molecule has 0 saturated carbocycles. The Hall–Kier alpha value is -0.680. The molecule has 1 aliphatic heterocycles. The van der Waals surface area contributed by atoms with Crippen molar-refractivity contribution in [3.63, 3.8) is 0 Å². The minimum Gasteiger partial charge on any atom is -0.469 e. The molecular weight excluding hydrogens is 272 g/mol. The lowest BCUT2D eigenvalue weighted by molar-refractivity contribution is -0.0815. The van der Waals surface area contributed by atoms with Crippen LogP contribution in [0.25, 0.3) is 0 Å². The van der Waals surface area contributed by atoms with E-state index in [4.69, 9.17) is 9.47 Å². The second-order valence-corrected chi connectivity index (χ2v) is 5.69. The third-order valence-electron chi connectivity index (χ3n) is 2.24. The number of aromatic nitrogens is 2. The zero-order valence-corrected chi connectivity index (χ0v) is 11.2. The highest BCUT2D eigenvalue weighted by Crippen LogP contribution is 2.24. The molecule has 2 rings (SSSR count). The summed E-state index contributed by atoms with van der Waals surface area (Å²) in [6, 6.07) is 1.79. The van der Waals surface area contributed by atoms with Crippen molar-refractivity contribution in [2.45, 2.75) is 32.3 Å². The maximum atomic E-state index is 5.66. The van der Waals surface area contributed by atoms with E-state index in [2.05, 4.69) is 46.7 Å². The van der Waals surface area contributed by atoms with Crippen LogP contribution in [0.2, 0.25) is 0 Å². The van der Waals surface area contributed by atoms with Crippen molar-refractivity contribution < 1.29 is 9.47 Å². The van der Waals surface area contributed by atoms with Crippen molar-refractivity contribution in [1.82, 2.24) is 9.97 Å². The van der Waals surface area contributed by atoms with E-state index in [1.807, 2.05) is 0 Å². The zero-order chi connectivity index (χ0) is 11.8. The molecule has 0 atom stereocenters. The summed E-state index contributed by atoms with van der Waals surface area (Å²) in [5, 5.41) is 0. The first-order chi connectivity index (χ1) is 7.45. The molecule has 1 aliphatic rings. The molecule has 5 heteroatoms. The highest BCUT2D eigenvalue weighted by molar-refractivity contribution is 9.10. The molecular formula is C11H15BrN2O2. The first-order valence-electron chi connectivity index (χ1n) is 5.24. The van der Waals surface area contributed by atoms with E-state index in [1.54, 1.807) is 6.07 Å². The van der Waals surface area contributed by atoms with E-state index in [0.29, 0.717) is 19.1 Å². The first kappa shape index (κ1) is 11.8. The van der Waals surface area contributed by atoms with Gasteiger partial charge in [0, 0.05) is 11.5 Å². The number of halogens is 1. The minimum atomic E-state index is -0.0853. The summed E-state index contributed by atoms with van der Waals surface area (Å²) in [7, 11) is 0. The summed E-state index contributed by atoms with van der Waals surface area (Å²) in [6.45, 7) is 7.51. The predicted molar refractivity (Wildman–Crippen MR) is 63.7 cm³/mol. The summed E-state index contributed by atoms with van der Waals surface area (Å²) >= 11 is 3.37. The van der Waals surface area contributed by atoms with E-state index >= 15 is 0 Å². The molecule has 0 bridgehead atoms. The minimum absolute atomic E-state index is 0.0853. The zero-order valence-electron chi connectivity index (χ0n) is 9.66. The highest BCUT2D eigenvalue weighted by atomic mass is 79.9. The number of rotatable bonds is 2. The van der Waals surface area contributed by atoms with Gasteiger partial charge in [-0.25, -0.2) is 4.98 Å². The normalized spacial score (nSPS) is 17.0. The van der Waals surface area contributed by atoms with Gasteiger partial charge in [0.15, 0.2) is 0 Å². The molecule has 1 aromatic heterocycles. The predicted octanol–water partition coefficient (Wildman–Crippen LogP) is 2.31. The van der Waals surface area contributed by atoms with Gasteiger partial charge in [-0.15, -0.1) is 0 Å². The molecule has 16 heavy (non-hydrogen) atoms. The molecule has 4 nitrogen and oxygen atoms in total. The molecule has 1 saturated heterocycles. The van der Waals surface area contributed by atoms with Crippen LogP contribution in [0.4, 0.5) is 0 Å². The van der Waals surface area contributed by atoms with Gasteiger partial charge < -0.3 is 9.47 Å². The Morgan fingerprint density at radius 2 is 2.06 bits per heavy atom. The van der Waals surface area contributed by atoms with Crippen LogP contribution in [-0.2, 0) is 10.2 Å². The van der Waals surface area contributed by atoms with E-state index in [1.165, 1.54) is 0 Å². The summed E-state index contributed by atoms with van der Waals surface area (Å²) in [5.74, 6) is 1.39. The van der Waals surface area contributed by atoms with Gasteiger partial charge in [0.1, 0.15) is 16.5 Å². The Balaban J connectivity index is 2.21. The topological polar surface area (TPSA) is 44.2 Å². The van der Waals surface area contributed by atoms with Crippen LogP contribution in [0.5, 0.6) is 5.88 Å². The highest BCUT2D eigenvalue weighted by Gasteiger charge is 2.23. The summed E-state index contributed by atoms with van der Waals surface area (Å²) in [6.07, 6.45) is 0.134.